The Balaban J connectivity index is -0.0000000575. The first kappa shape index (κ1) is 144. The fourth-order valence-electron chi connectivity index (χ4n) is 6.21. The van der Waals surface area contributed by atoms with E-state index in [0.717, 1.165) is 40.1 Å². The summed E-state index contributed by atoms with van der Waals surface area (Å²) in [6.07, 6.45) is 1.25. The zero-order valence-corrected chi connectivity index (χ0v) is 73.2. The molecule has 0 bridgehead atoms. The lowest BCUT2D eigenvalue weighted by Gasteiger charge is -1.93. The van der Waals surface area contributed by atoms with Gasteiger partial charge in [-0.2, -0.15) is 0 Å². The third kappa shape index (κ3) is 106. The first-order chi connectivity index (χ1) is 52.1. The van der Waals surface area contributed by atoms with Crippen LogP contribution < -0.4 is 28.4 Å². The number of carbonyl (C=O) groups is 1. The van der Waals surface area contributed by atoms with E-state index in [1.54, 1.807) is 49.6 Å². The van der Waals surface area contributed by atoms with Crippen LogP contribution in [-0.2, 0) is 0 Å². The number of fused-ring (bicyclic) bond motifs is 1. The smallest absolute Gasteiger partial charge is 0.159 e. The quantitative estimate of drug-likeness (QED) is 0.147. The molecular formula is C105H178O7. The van der Waals surface area contributed by atoms with Crippen LogP contribution in [0.2, 0.25) is 0 Å². The summed E-state index contributed by atoms with van der Waals surface area (Å²) >= 11 is 0. The van der Waals surface area contributed by atoms with Crippen molar-refractivity contribution in [1.29, 1.82) is 0 Å². The average molecular weight is 1550 g/mol. The monoisotopic (exact) mass is 1550 g/mol. The fourth-order valence-corrected chi connectivity index (χ4v) is 6.21. The molecule has 0 aliphatic rings. The van der Waals surface area contributed by atoms with Crippen molar-refractivity contribution in [1.82, 2.24) is 0 Å². The second-order valence-corrected chi connectivity index (χ2v) is 17.4. The zero-order chi connectivity index (χ0) is 83.4. The highest BCUT2D eigenvalue weighted by molar-refractivity contribution is 5.93. The number of Topliss-reactive ketones (excluding diaryl/α,β-unsaturated/α-hetero) is 1. The topological polar surface area (TPSA) is 72.5 Å². The minimum absolute atomic E-state index is 0. The van der Waals surface area contributed by atoms with Crippen molar-refractivity contribution < 1.29 is 33.2 Å². The highest BCUT2D eigenvalue weighted by Crippen LogP contribution is 2.12. The minimum Gasteiger partial charge on any atom is -0.497 e. The summed E-state index contributed by atoms with van der Waals surface area (Å²) in [6.45, 7) is 54.0. The molecule has 0 unspecified atom stereocenters. The number of aryl methyl sites for hydroxylation is 2. The van der Waals surface area contributed by atoms with Crippen LogP contribution in [0.1, 0.15) is 246 Å². The van der Waals surface area contributed by atoms with Gasteiger partial charge in [-0.3, -0.25) is 4.79 Å². The SMILES string of the molecule is C.C.C.C.C.C.CC.CC.CC.CC.CC.CC.CC.CC.CC.CC.CC.CC(=O)c1ccccc1.CCC.COc1ccccc1.COc1ccccc1.COc1ccccc1.COc1ccccc1.COc1ccccc1.COc1ccccc1.Cc1ccccc1.Cc1ccccc1.c1ccc2ccccc2c1. The number of ketones is 1. The number of rotatable bonds is 7. The van der Waals surface area contributed by atoms with Crippen LogP contribution in [0, 0.1) is 13.8 Å². The van der Waals surface area contributed by atoms with Crippen molar-refractivity contribution in [3.63, 3.8) is 0 Å². The lowest BCUT2D eigenvalue weighted by Crippen LogP contribution is -1.88. The Morgan fingerprint density at radius 2 is 0.312 bits per heavy atom. The van der Waals surface area contributed by atoms with E-state index >= 15 is 0 Å². The van der Waals surface area contributed by atoms with Gasteiger partial charge in [0.05, 0.1) is 42.7 Å². The summed E-state index contributed by atoms with van der Waals surface area (Å²) in [6, 6.07) is 105. The van der Waals surface area contributed by atoms with Gasteiger partial charge in [-0.25, -0.2) is 0 Å². The molecule has 11 rings (SSSR count). The van der Waals surface area contributed by atoms with E-state index in [1.807, 2.05) is 401 Å². The molecule has 0 fully saturated rings. The maximum atomic E-state index is 10.6. The summed E-state index contributed by atoms with van der Waals surface area (Å²) in [5.41, 5.74) is 3.42. The molecule has 11 aromatic carbocycles. The highest BCUT2D eigenvalue weighted by atomic mass is 16.5. The van der Waals surface area contributed by atoms with Crippen molar-refractivity contribution in [3.8, 4) is 34.5 Å². The van der Waals surface area contributed by atoms with Gasteiger partial charge >= 0.3 is 0 Å². The summed E-state index contributed by atoms with van der Waals surface area (Å²) in [7, 11) is 9.97. The van der Waals surface area contributed by atoms with E-state index in [0.29, 0.717) is 0 Å². The number of carbonyl (C=O) groups excluding carboxylic acids is 1. The van der Waals surface area contributed by atoms with Gasteiger partial charge in [0.2, 0.25) is 0 Å². The Kier molecular flexibility index (Phi) is 176. The van der Waals surface area contributed by atoms with E-state index in [1.165, 1.54) is 28.3 Å². The lowest BCUT2D eigenvalue weighted by molar-refractivity contribution is 0.101. The molecule has 640 valence electrons. The molecule has 0 spiro atoms. The van der Waals surface area contributed by atoms with Gasteiger partial charge < -0.3 is 28.4 Å². The number of methoxy groups -OCH3 is 6. The Morgan fingerprint density at radius 3 is 0.393 bits per heavy atom. The first-order valence-corrected chi connectivity index (χ1v) is 38.6. The van der Waals surface area contributed by atoms with Gasteiger partial charge in [-0.05, 0) is 104 Å². The van der Waals surface area contributed by atoms with Crippen LogP contribution in [0.25, 0.3) is 10.8 Å². The molecule has 0 aliphatic heterocycles. The number of para-hydroxylation sites is 6. The molecule has 0 radical (unpaired) electrons. The Labute approximate surface area is 699 Å². The van der Waals surface area contributed by atoms with Gasteiger partial charge in [0.25, 0.3) is 0 Å². The molecule has 11 aromatic rings. The molecule has 0 heterocycles. The summed E-state index contributed by atoms with van der Waals surface area (Å²) < 4.78 is 29.5. The lowest BCUT2D eigenvalue weighted by atomic mass is 10.1. The van der Waals surface area contributed by atoms with E-state index in [2.05, 4.69) is 100 Å². The third-order valence-electron chi connectivity index (χ3n) is 10.6. The largest absolute Gasteiger partial charge is 0.497 e. The molecule has 0 aromatic heterocycles. The van der Waals surface area contributed by atoms with Crippen LogP contribution in [0.3, 0.4) is 0 Å². The van der Waals surface area contributed by atoms with Gasteiger partial charge in [0.15, 0.2) is 5.78 Å². The molecule has 0 N–H and O–H groups in total. The molecule has 0 atom stereocenters. The molecule has 112 heavy (non-hydrogen) atoms. The number of benzene rings is 11. The van der Waals surface area contributed by atoms with Gasteiger partial charge in [0, 0.05) is 5.56 Å². The van der Waals surface area contributed by atoms with Crippen molar-refractivity contribution in [2.24, 2.45) is 0 Å². The molecular weight excluding hydrogens is 1370 g/mol. The Morgan fingerprint density at radius 1 is 0.205 bits per heavy atom. The molecule has 0 aliphatic carbocycles. The second-order valence-electron chi connectivity index (χ2n) is 17.4. The Bertz CT molecular complexity index is 2710. The van der Waals surface area contributed by atoms with Gasteiger partial charge in [-0.1, -0.05) is 477 Å². The molecule has 0 saturated carbocycles. The van der Waals surface area contributed by atoms with Crippen LogP contribution in [-0.4, -0.2) is 48.4 Å². The standard InChI is InChI=1S/C10H8.C8H8O.6C7H8O.2C7H8.C3H8.11C2H6.6CH4/c1-2-6-10-8-4-3-7-9(10)5-1;1-7(9)8-5-3-2-4-6-8;6*1-8-7-5-3-2-4-6-7;2*1-7-5-3-2-4-6-7;1-3-2;11*1-2;;;;;;/h1-8H;2-6H,1H3;6*2-6H,1H3;2*2-6H,1H3;3H2,1-2H3;11*1-2H3;6*1H4. The molecule has 7 nitrogen and oxygen atoms in total. The van der Waals surface area contributed by atoms with E-state index in [-0.39, 0.29) is 50.3 Å². The average Bonchev–Trinajstić information content (AvgIpc) is 0.870. The van der Waals surface area contributed by atoms with Crippen LogP contribution >= 0.6 is 0 Å². The Hall–Kier alpha value is -9.85. The third-order valence-corrected chi connectivity index (χ3v) is 10.6. The highest BCUT2D eigenvalue weighted by Gasteiger charge is 1.93. The van der Waals surface area contributed by atoms with Crippen molar-refractivity contribution >= 4 is 16.6 Å². The van der Waals surface area contributed by atoms with E-state index in [9.17, 15) is 4.79 Å². The van der Waals surface area contributed by atoms with Gasteiger partial charge in [-0.15, -0.1) is 0 Å². The van der Waals surface area contributed by atoms with Crippen molar-refractivity contribution in [2.75, 3.05) is 42.7 Å². The number of hydrogen-bond acceptors (Lipinski definition) is 7. The predicted molar refractivity (Wildman–Crippen MR) is 522 cm³/mol. The van der Waals surface area contributed by atoms with Gasteiger partial charge in [0.1, 0.15) is 34.5 Å². The fraction of sp³-hybridized carbons (Fsp3) is 0.381. The molecule has 0 amide bonds. The van der Waals surface area contributed by atoms with Crippen LogP contribution in [0.15, 0.2) is 322 Å². The van der Waals surface area contributed by atoms with Crippen LogP contribution in [0.5, 0.6) is 34.5 Å². The molecule has 7 heteroatoms. The predicted octanol–water partition coefficient (Wildman–Crippen LogP) is 35.4. The maximum Gasteiger partial charge on any atom is 0.159 e. The summed E-state index contributed by atoms with van der Waals surface area (Å²) in [5, 5.41) is 2.62. The van der Waals surface area contributed by atoms with Crippen molar-refractivity contribution in [2.45, 2.75) is 238 Å². The van der Waals surface area contributed by atoms with Crippen LogP contribution in [0.4, 0.5) is 0 Å². The first-order valence-electron chi connectivity index (χ1n) is 38.6. The normalized spacial score (nSPS) is 7.15. The summed E-state index contributed by atoms with van der Waals surface area (Å²) in [4.78, 5) is 10.6. The minimum atomic E-state index is 0. The van der Waals surface area contributed by atoms with Crippen molar-refractivity contribution in [3.05, 3.63) is 338 Å². The van der Waals surface area contributed by atoms with E-state index in [4.69, 9.17) is 28.4 Å². The number of hydrogen-bond donors (Lipinski definition) is 0. The zero-order valence-electron chi connectivity index (χ0n) is 73.2. The van der Waals surface area contributed by atoms with E-state index < -0.39 is 0 Å². The number of ether oxygens (including phenoxy) is 6. The maximum absolute atomic E-state index is 10.6. The molecule has 0 saturated heterocycles. The second kappa shape index (κ2) is 137. The summed E-state index contributed by atoms with van der Waals surface area (Å²) in [5.74, 6) is 5.58.